The van der Waals surface area contributed by atoms with Crippen LogP contribution in [0.2, 0.25) is 0 Å². The monoisotopic (exact) mass is 176 g/mol. The summed E-state index contributed by atoms with van der Waals surface area (Å²) in [4.78, 5) is 11.0. The first-order valence-electron chi connectivity index (χ1n) is 4.06. The van der Waals surface area contributed by atoms with Gasteiger partial charge in [0.25, 0.3) is 0 Å². The van der Waals surface area contributed by atoms with E-state index < -0.39 is 0 Å². The van der Waals surface area contributed by atoms with Gasteiger partial charge >= 0.3 is 5.97 Å². The van der Waals surface area contributed by atoms with Crippen molar-refractivity contribution in [2.24, 2.45) is 11.8 Å². The van der Waals surface area contributed by atoms with Gasteiger partial charge in [-0.15, -0.1) is 0 Å². The number of halogens is 1. The van der Waals surface area contributed by atoms with E-state index in [9.17, 15) is 4.79 Å². The third-order valence-electron chi connectivity index (χ3n) is 2.35. The average Bonchev–Trinajstić information content (AvgIpc) is 2.03. The van der Waals surface area contributed by atoms with Gasteiger partial charge in [0, 0.05) is 0 Å². The molecule has 2 nitrogen and oxygen atoms in total. The molecule has 0 N–H and O–H groups in total. The van der Waals surface area contributed by atoms with Gasteiger partial charge < -0.3 is 4.29 Å². The van der Waals surface area contributed by atoms with Crippen molar-refractivity contribution >= 4 is 17.8 Å². The van der Waals surface area contributed by atoms with Crippen LogP contribution in [0.15, 0.2) is 0 Å². The molecule has 0 aromatic heterocycles. The lowest BCUT2D eigenvalue weighted by Gasteiger charge is -2.23. The summed E-state index contributed by atoms with van der Waals surface area (Å²) in [7, 11) is 0. The zero-order valence-corrected chi connectivity index (χ0v) is 7.43. The van der Waals surface area contributed by atoms with Gasteiger partial charge in [0.1, 0.15) is 11.9 Å². The summed E-state index contributed by atoms with van der Waals surface area (Å²) >= 11 is 4.98. The van der Waals surface area contributed by atoms with Gasteiger partial charge in [-0.2, -0.15) is 0 Å². The molecule has 1 fully saturated rings. The van der Waals surface area contributed by atoms with Crippen molar-refractivity contribution in [2.75, 3.05) is 0 Å². The summed E-state index contributed by atoms with van der Waals surface area (Å²) in [6.45, 7) is 2.16. The molecule has 2 atom stereocenters. The largest absolute Gasteiger partial charge is 0.347 e. The molecule has 0 radical (unpaired) electrons. The molecular weight excluding hydrogens is 164 g/mol. The van der Waals surface area contributed by atoms with Crippen molar-refractivity contribution in [3.8, 4) is 0 Å². The van der Waals surface area contributed by atoms with Gasteiger partial charge in [-0.3, -0.25) is 4.79 Å². The lowest BCUT2D eigenvalue weighted by molar-refractivity contribution is -0.140. The van der Waals surface area contributed by atoms with Crippen LogP contribution in [-0.2, 0) is 9.08 Å². The third kappa shape index (κ3) is 2.37. The predicted molar refractivity (Wildman–Crippen MR) is 43.1 cm³/mol. The van der Waals surface area contributed by atoms with Crippen molar-refractivity contribution in [2.45, 2.75) is 32.6 Å². The Kier molecular flexibility index (Phi) is 3.18. The molecule has 0 spiro atoms. The first-order valence-corrected chi connectivity index (χ1v) is 4.37. The second-order valence-electron chi connectivity index (χ2n) is 3.36. The molecular formula is C8H13ClO2. The van der Waals surface area contributed by atoms with Crippen LogP contribution in [0.1, 0.15) is 32.6 Å². The fourth-order valence-electron chi connectivity index (χ4n) is 1.71. The first-order chi connectivity index (χ1) is 5.24. The van der Waals surface area contributed by atoms with E-state index in [0.717, 1.165) is 19.3 Å². The molecule has 1 rings (SSSR count). The summed E-state index contributed by atoms with van der Waals surface area (Å²) in [5, 5.41) is 0. The Balaban J connectivity index is 2.39. The van der Waals surface area contributed by atoms with Crippen LogP contribution in [0.5, 0.6) is 0 Å². The lowest BCUT2D eigenvalue weighted by atomic mass is 9.83. The summed E-state index contributed by atoms with van der Waals surface area (Å²) in [5.74, 6) is 0.444. The molecule has 1 aliphatic carbocycles. The lowest BCUT2D eigenvalue weighted by Crippen LogP contribution is -2.21. The van der Waals surface area contributed by atoms with Crippen molar-refractivity contribution in [3.63, 3.8) is 0 Å². The molecule has 0 heterocycles. The molecule has 0 aliphatic heterocycles. The Morgan fingerprint density at radius 1 is 1.55 bits per heavy atom. The van der Waals surface area contributed by atoms with E-state index >= 15 is 0 Å². The van der Waals surface area contributed by atoms with Gasteiger partial charge in [0.05, 0.1) is 5.92 Å². The van der Waals surface area contributed by atoms with Crippen molar-refractivity contribution in [1.82, 2.24) is 0 Å². The Labute approximate surface area is 72.0 Å². The summed E-state index contributed by atoms with van der Waals surface area (Å²) in [6, 6.07) is 0. The highest BCUT2D eigenvalue weighted by Crippen LogP contribution is 2.29. The third-order valence-corrected chi connectivity index (χ3v) is 2.50. The van der Waals surface area contributed by atoms with Gasteiger partial charge in [-0.25, -0.2) is 0 Å². The minimum absolute atomic E-state index is 0.0521. The van der Waals surface area contributed by atoms with Crippen molar-refractivity contribution in [1.29, 1.82) is 0 Å². The van der Waals surface area contributed by atoms with E-state index in [1.54, 1.807) is 0 Å². The van der Waals surface area contributed by atoms with E-state index in [0.29, 0.717) is 5.92 Å². The molecule has 0 saturated heterocycles. The molecule has 64 valence electrons. The molecule has 3 heteroatoms. The summed E-state index contributed by atoms with van der Waals surface area (Å²) in [6.07, 6.45) is 4.23. The number of carbonyl (C=O) groups is 1. The summed E-state index contributed by atoms with van der Waals surface area (Å²) < 4.78 is 4.17. The second-order valence-corrected chi connectivity index (χ2v) is 3.52. The quantitative estimate of drug-likeness (QED) is 0.614. The Morgan fingerprint density at radius 2 is 2.27 bits per heavy atom. The maximum atomic E-state index is 11.0. The summed E-state index contributed by atoms with van der Waals surface area (Å²) in [5.41, 5.74) is 0. The van der Waals surface area contributed by atoms with Crippen LogP contribution in [-0.4, -0.2) is 5.97 Å². The molecule has 1 saturated carbocycles. The van der Waals surface area contributed by atoms with Gasteiger partial charge in [-0.05, 0) is 18.8 Å². The van der Waals surface area contributed by atoms with Gasteiger partial charge in [0.2, 0.25) is 0 Å². The maximum Gasteiger partial charge on any atom is 0.327 e. The van der Waals surface area contributed by atoms with Crippen LogP contribution in [0.25, 0.3) is 0 Å². The first kappa shape index (κ1) is 8.85. The Hall–Kier alpha value is -0.240. The number of carbonyl (C=O) groups excluding carboxylic acids is 1. The molecule has 0 unspecified atom stereocenters. The Bertz CT molecular complexity index is 147. The molecule has 11 heavy (non-hydrogen) atoms. The van der Waals surface area contributed by atoms with E-state index in [4.69, 9.17) is 11.9 Å². The topological polar surface area (TPSA) is 26.3 Å². The molecule has 0 amide bonds. The number of rotatable bonds is 1. The second kappa shape index (κ2) is 3.96. The van der Waals surface area contributed by atoms with Crippen molar-refractivity contribution < 1.29 is 9.08 Å². The van der Waals surface area contributed by atoms with Crippen LogP contribution in [0.4, 0.5) is 0 Å². The molecule has 1 aliphatic rings. The van der Waals surface area contributed by atoms with Crippen molar-refractivity contribution in [3.05, 3.63) is 0 Å². The smallest absolute Gasteiger partial charge is 0.327 e. The van der Waals surface area contributed by atoms with E-state index in [1.165, 1.54) is 6.42 Å². The van der Waals surface area contributed by atoms with Crippen LogP contribution < -0.4 is 0 Å². The van der Waals surface area contributed by atoms with Crippen LogP contribution >= 0.6 is 11.9 Å². The standard InChI is InChI=1S/C8H13ClO2/c1-6-3-2-4-7(5-6)8(10)11-9/h6-7H,2-5H2,1H3/t6-,7+/m1/s1. The highest BCUT2D eigenvalue weighted by atomic mass is 35.5. The fourth-order valence-corrected chi connectivity index (χ4v) is 1.84. The zero-order chi connectivity index (χ0) is 8.27. The Morgan fingerprint density at radius 3 is 2.82 bits per heavy atom. The van der Waals surface area contributed by atoms with Gasteiger partial charge in [-0.1, -0.05) is 19.8 Å². The fraction of sp³-hybridized carbons (Fsp3) is 0.875. The molecule has 0 aromatic rings. The number of hydrogen-bond donors (Lipinski definition) is 0. The van der Waals surface area contributed by atoms with Gasteiger partial charge in [0.15, 0.2) is 0 Å². The van der Waals surface area contributed by atoms with E-state index in [1.807, 2.05) is 0 Å². The molecule has 0 bridgehead atoms. The highest BCUT2D eigenvalue weighted by molar-refractivity contribution is 6.13. The minimum atomic E-state index is -0.252. The maximum absolute atomic E-state index is 11.0. The average molecular weight is 177 g/mol. The van der Waals surface area contributed by atoms with Crippen LogP contribution in [0.3, 0.4) is 0 Å². The molecule has 0 aromatic carbocycles. The van der Waals surface area contributed by atoms with E-state index in [2.05, 4.69) is 11.2 Å². The zero-order valence-electron chi connectivity index (χ0n) is 6.68. The van der Waals surface area contributed by atoms with Crippen LogP contribution in [0, 0.1) is 11.8 Å². The highest BCUT2D eigenvalue weighted by Gasteiger charge is 2.25. The van der Waals surface area contributed by atoms with E-state index in [-0.39, 0.29) is 11.9 Å². The normalized spacial score (nSPS) is 31.5. The minimum Gasteiger partial charge on any atom is -0.347 e. The number of hydrogen-bond acceptors (Lipinski definition) is 2. The predicted octanol–water partition coefficient (Wildman–Crippen LogP) is 2.51. The SMILES string of the molecule is C[C@@H]1CCC[C@H](C(=O)OCl)C1.